The lowest BCUT2D eigenvalue weighted by Crippen LogP contribution is -2.45. The lowest BCUT2D eigenvalue weighted by atomic mass is 10.0. The van der Waals surface area contributed by atoms with Crippen LogP contribution in [0, 0.1) is 12.3 Å². The minimum atomic E-state index is -0.728. The molecule has 0 heterocycles. The Kier molecular flexibility index (Phi) is 5.17. The molecule has 0 rings (SSSR count). The Labute approximate surface area is 79.8 Å². The molecule has 1 unspecified atom stereocenters. The largest absolute Gasteiger partial charge is 0.369 e. The molecule has 0 spiro atoms. The highest BCUT2D eigenvalue weighted by atomic mass is 16.5. The lowest BCUT2D eigenvalue weighted by Gasteiger charge is -2.24. The summed E-state index contributed by atoms with van der Waals surface area (Å²) < 4.78 is 5.12. The van der Waals surface area contributed by atoms with E-state index in [9.17, 15) is 4.79 Å². The van der Waals surface area contributed by atoms with Crippen LogP contribution in [0.5, 0.6) is 0 Å². The van der Waals surface area contributed by atoms with E-state index >= 15 is 0 Å². The smallest absolute Gasteiger partial charge is 0.251 e. The first kappa shape index (κ1) is 12.0. The van der Waals surface area contributed by atoms with Crippen LogP contribution >= 0.6 is 0 Å². The van der Waals surface area contributed by atoms with Crippen LogP contribution < -0.4 is 5.32 Å². The van der Waals surface area contributed by atoms with E-state index in [1.54, 1.807) is 6.92 Å². The Balaban J connectivity index is 4.01. The Hall–Kier alpha value is -1.01. The summed E-state index contributed by atoms with van der Waals surface area (Å²) in [5.41, 5.74) is -0.728. The topological polar surface area (TPSA) is 38.3 Å². The van der Waals surface area contributed by atoms with Crippen molar-refractivity contribution in [1.29, 1.82) is 0 Å². The van der Waals surface area contributed by atoms with Crippen LogP contribution in [0.3, 0.4) is 0 Å². The van der Waals surface area contributed by atoms with Gasteiger partial charge in [0.15, 0.2) is 0 Å². The minimum Gasteiger partial charge on any atom is -0.369 e. The van der Waals surface area contributed by atoms with Crippen molar-refractivity contribution in [1.82, 2.24) is 5.32 Å². The van der Waals surface area contributed by atoms with Gasteiger partial charge in [-0.15, -0.1) is 12.3 Å². The van der Waals surface area contributed by atoms with Gasteiger partial charge in [0.25, 0.3) is 5.91 Å². The number of ether oxygens (including phenoxy) is 1. The number of rotatable bonds is 5. The van der Waals surface area contributed by atoms with Gasteiger partial charge in [-0.25, -0.2) is 0 Å². The third-order valence-corrected chi connectivity index (χ3v) is 2.16. The summed E-state index contributed by atoms with van der Waals surface area (Å²) in [5.74, 6) is 2.35. The average Bonchev–Trinajstić information content (AvgIpc) is 2.17. The summed E-state index contributed by atoms with van der Waals surface area (Å²) in [6.45, 7) is 4.18. The van der Waals surface area contributed by atoms with Crippen molar-refractivity contribution in [3.63, 3.8) is 0 Å². The molecule has 0 aliphatic carbocycles. The Morgan fingerprint density at radius 3 is 2.69 bits per heavy atom. The second kappa shape index (κ2) is 5.60. The Morgan fingerprint density at radius 2 is 2.31 bits per heavy atom. The summed E-state index contributed by atoms with van der Waals surface area (Å²) >= 11 is 0. The molecule has 1 amide bonds. The number of hydrogen-bond acceptors (Lipinski definition) is 2. The Bertz CT molecular complexity index is 201. The SMILES string of the molecule is C#CCCNC(=O)C(C)(CC)OC. The third-order valence-electron chi connectivity index (χ3n) is 2.16. The lowest BCUT2D eigenvalue weighted by molar-refractivity contribution is -0.141. The van der Waals surface area contributed by atoms with Gasteiger partial charge in [-0.3, -0.25) is 4.79 Å². The van der Waals surface area contributed by atoms with Crippen LogP contribution in [0.4, 0.5) is 0 Å². The van der Waals surface area contributed by atoms with Gasteiger partial charge in [-0.05, 0) is 13.3 Å². The number of nitrogens with one attached hydrogen (secondary N) is 1. The van der Waals surface area contributed by atoms with E-state index < -0.39 is 5.60 Å². The summed E-state index contributed by atoms with van der Waals surface area (Å²) in [6, 6.07) is 0. The second-order valence-corrected chi connectivity index (χ2v) is 3.00. The molecular weight excluding hydrogens is 166 g/mol. The summed E-state index contributed by atoms with van der Waals surface area (Å²) in [4.78, 5) is 11.5. The predicted octanol–water partition coefficient (Wildman–Crippen LogP) is 0.941. The molecule has 0 bridgehead atoms. The molecular formula is C10H17NO2. The van der Waals surface area contributed by atoms with Crippen LogP contribution in [-0.4, -0.2) is 25.2 Å². The fourth-order valence-corrected chi connectivity index (χ4v) is 0.833. The van der Waals surface area contributed by atoms with Crippen molar-refractivity contribution in [2.45, 2.75) is 32.3 Å². The van der Waals surface area contributed by atoms with Crippen molar-refractivity contribution in [3.8, 4) is 12.3 Å². The summed E-state index contributed by atoms with van der Waals surface area (Å²) in [5, 5.41) is 2.72. The van der Waals surface area contributed by atoms with Gasteiger partial charge in [0.2, 0.25) is 0 Å². The number of methoxy groups -OCH3 is 1. The quantitative estimate of drug-likeness (QED) is 0.509. The van der Waals surface area contributed by atoms with Gasteiger partial charge in [-0.1, -0.05) is 6.92 Å². The van der Waals surface area contributed by atoms with Crippen molar-refractivity contribution in [2.24, 2.45) is 0 Å². The maximum atomic E-state index is 11.5. The molecule has 3 nitrogen and oxygen atoms in total. The number of carbonyl (C=O) groups is 1. The molecule has 1 N–H and O–H groups in total. The first-order valence-electron chi connectivity index (χ1n) is 4.37. The van der Waals surface area contributed by atoms with Crippen molar-refractivity contribution < 1.29 is 9.53 Å². The first-order chi connectivity index (χ1) is 6.10. The van der Waals surface area contributed by atoms with Gasteiger partial charge < -0.3 is 10.1 Å². The fraction of sp³-hybridized carbons (Fsp3) is 0.700. The van der Waals surface area contributed by atoms with E-state index in [1.165, 1.54) is 7.11 Å². The molecule has 13 heavy (non-hydrogen) atoms. The first-order valence-corrected chi connectivity index (χ1v) is 4.37. The average molecular weight is 183 g/mol. The van der Waals surface area contributed by atoms with Crippen LogP contribution in [0.25, 0.3) is 0 Å². The van der Waals surface area contributed by atoms with Gasteiger partial charge in [0.05, 0.1) is 0 Å². The maximum absolute atomic E-state index is 11.5. The second-order valence-electron chi connectivity index (χ2n) is 3.00. The minimum absolute atomic E-state index is 0.104. The van der Waals surface area contributed by atoms with Crippen molar-refractivity contribution in [3.05, 3.63) is 0 Å². The standard InChI is InChI=1S/C10H17NO2/c1-5-7-8-11-9(12)10(3,6-2)13-4/h1H,6-8H2,2-4H3,(H,11,12). The van der Waals surface area contributed by atoms with Crippen molar-refractivity contribution >= 4 is 5.91 Å². The van der Waals surface area contributed by atoms with Crippen LogP contribution in [0.1, 0.15) is 26.7 Å². The molecule has 0 aromatic heterocycles. The van der Waals surface area contributed by atoms with Gasteiger partial charge in [0.1, 0.15) is 5.60 Å². The van der Waals surface area contributed by atoms with Gasteiger partial charge >= 0.3 is 0 Å². The monoisotopic (exact) mass is 183 g/mol. The van der Waals surface area contributed by atoms with Gasteiger partial charge in [0, 0.05) is 20.1 Å². The van der Waals surface area contributed by atoms with Gasteiger partial charge in [-0.2, -0.15) is 0 Å². The van der Waals surface area contributed by atoms with E-state index in [0.717, 1.165) is 0 Å². The molecule has 0 radical (unpaired) electrons. The molecule has 0 saturated carbocycles. The molecule has 0 saturated heterocycles. The molecule has 0 aromatic rings. The van der Waals surface area contributed by atoms with Crippen LogP contribution in [0.15, 0.2) is 0 Å². The number of amides is 1. The van der Waals surface area contributed by atoms with Crippen molar-refractivity contribution in [2.75, 3.05) is 13.7 Å². The number of terminal acetylenes is 1. The highest BCUT2D eigenvalue weighted by molar-refractivity contribution is 5.84. The molecule has 0 aliphatic heterocycles. The highest BCUT2D eigenvalue weighted by Gasteiger charge is 2.30. The summed E-state index contributed by atoms with van der Waals surface area (Å²) in [6.07, 6.45) is 6.25. The number of carbonyl (C=O) groups excluding carboxylic acids is 1. The van der Waals surface area contributed by atoms with E-state index in [2.05, 4.69) is 11.2 Å². The zero-order valence-electron chi connectivity index (χ0n) is 8.52. The molecule has 3 heteroatoms. The van der Waals surface area contributed by atoms with E-state index in [1.807, 2.05) is 6.92 Å². The Morgan fingerprint density at radius 1 is 1.69 bits per heavy atom. The van der Waals surface area contributed by atoms with Crippen LogP contribution in [-0.2, 0) is 9.53 Å². The molecule has 74 valence electrons. The van der Waals surface area contributed by atoms with E-state index in [4.69, 9.17) is 11.2 Å². The van der Waals surface area contributed by atoms with Crippen LogP contribution in [0.2, 0.25) is 0 Å². The molecule has 0 aliphatic rings. The fourth-order valence-electron chi connectivity index (χ4n) is 0.833. The zero-order chi connectivity index (χ0) is 10.3. The maximum Gasteiger partial charge on any atom is 0.251 e. The van der Waals surface area contributed by atoms with E-state index in [0.29, 0.717) is 19.4 Å². The third kappa shape index (κ3) is 3.47. The molecule has 0 fully saturated rings. The van der Waals surface area contributed by atoms with E-state index in [-0.39, 0.29) is 5.91 Å². The predicted molar refractivity (Wildman–Crippen MR) is 52.2 cm³/mol. The molecule has 0 aromatic carbocycles. The summed E-state index contributed by atoms with van der Waals surface area (Å²) in [7, 11) is 1.53. The number of hydrogen-bond donors (Lipinski definition) is 1. The normalized spacial score (nSPS) is 14.3. The molecule has 1 atom stereocenters. The zero-order valence-corrected chi connectivity index (χ0v) is 8.52. The highest BCUT2D eigenvalue weighted by Crippen LogP contribution is 2.13.